The lowest BCUT2D eigenvalue weighted by Gasteiger charge is -2.31. The van der Waals surface area contributed by atoms with E-state index in [-0.39, 0.29) is 23.8 Å². The number of nitrogens with one attached hydrogen (secondary N) is 1. The SMILES string of the molecule is COC(=O)C1CN(S(=O)(=O)c2ccc3cc(Cl)ccc3c2)CCN1.Cl. The number of benzene rings is 2. The van der Waals surface area contributed by atoms with Crippen LogP contribution in [0.2, 0.25) is 5.02 Å². The van der Waals surface area contributed by atoms with Crippen LogP contribution in [0, 0.1) is 0 Å². The standard InChI is InChI=1S/C16H17ClN2O4S.ClH/c1-23-16(20)15-10-19(7-6-18-15)24(21,22)14-5-3-11-8-13(17)4-2-12(11)9-14;/h2-5,8-9,15,18H,6-7,10H2,1H3;1H. The van der Waals surface area contributed by atoms with Crippen LogP contribution in [0.3, 0.4) is 0 Å². The Kier molecular flexibility index (Phi) is 6.29. The van der Waals surface area contributed by atoms with Gasteiger partial charge in [-0.05, 0) is 35.0 Å². The number of hydrogen-bond acceptors (Lipinski definition) is 5. The van der Waals surface area contributed by atoms with E-state index in [4.69, 9.17) is 11.6 Å². The van der Waals surface area contributed by atoms with Gasteiger partial charge in [0, 0.05) is 24.7 Å². The van der Waals surface area contributed by atoms with Crippen molar-refractivity contribution in [3.05, 3.63) is 41.4 Å². The Balaban J connectivity index is 0.00000225. The monoisotopic (exact) mass is 404 g/mol. The van der Waals surface area contributed by atoms with E-state index in [0.717, 1.165) is 10.8 Å². The highest BCUT2D eigenvalue weighted by atomic mass is 35.5. The van der Waals surface area contributed by atoms with E-state index in [1.807, 2.05) is 0 Å². The summed E-state index contributed by atoms with van der Waals surface area (Å²) in [7, 11) is -2.40. The molecule has 2 aromatic rings. The van der Waals surface area contributed by atoms with Crippen molar-refractivity contribution in [2.45, 2.75) is 10.9 Å². The van der Waals surface area contributed by atoms with Crippen LogP contribution in [0.15, 0.2) is 41.3 Å². The normalized spacial score (nSPS) is 18.6. The molecule has 0 radical (unpaired) electrons. The summed E-state index contributed by atoms with van der Waals surface area (Å²) in [5.74, 6) is -0.469. The van der Waals surface area contributed by atoms with Gasteiger partial charge in [-0.3, -0.25) is 4.79 Å². The van der Waals surface area contributed by atoms with Crippen molar-refractivity contribution >= 4 is 50.8 Å². The van der Waals surface area contributed by atoms with Gasteiger partial charge in [0.15, 0.2) is 0 Å². The van der Waals surface area contributed by atoms with Crippen molar-refractivity contribution < 1.29 is 17.9 Å². The molecule has 9 heteroatoms. The molecule has 0 bridgehead atoms. The first kappa shape index (κ1) is 19.9. The van der Waals surface area contributed by atoms with Gasteiger partial charge in [-0.25, -0.2) is 8.42 Å². The van der Waals surface area contributed by atoms with Gasteiger partial charge in [0.1, 0.15) is 6.04 Å². The molecule has 0 aromatic heterocycles. The van der Waals surface area contributed by atoms with Crippen LogP contribution >= 0.6 is 24.0 Å². The molecule has 1 aliphatic heterocycles. The Labute approximate surface area is 157 Å². The summed E-state index contributed by atoms with van der Waals surface area (Å²) in [6.45, 7) is 0.740. The number of esters is 1. The Morgan fingerprint density at radius 3 is 2.64 bits per heavy atom. The van der Waals surface area contributed by atoms with Gasteiger partial charge in [0.25, 0.3) is 0 Å². The maximum absolute atomic E-state index is 12.9. The highest BCUT2D eigenvalue weighted by Gasteiger charge is 2.33. The van der Waals surface area contributed by atoms with Gasteiger partial charge in [-0.1, -0.05) is 23.7 Å². The topological polar surface area (TPSA) is 75.7 Å². The van der Waals surface area contributed by atoms with Gasteiger partial charge in [0.05, 0.1) is 12.0 Å². The molecule has 6 nitrogen and oxygen atoms in total. The number of rotatable bonds is 3. The van der Waals surface area contributed by atoms with E-state index in [1.165, 1.54) is 11.4 Å². The average molecular weight is 405 g/mol. The van der Waals surface area contributed by atoms with Crippen molar-refractivity contribution in [2.75, 3.05) is 26.7 Å². The number of ether oxygens (including phenoxy) is 1. The number of methoxy groups -OCH3 is 1. The van der Waals surface area contributed by atoms with E-state index in [1.54, 1.807) is 36.4 Å². The zero-order chi connectivity index (χ0) is 17.3. The molecule has 3 rings (SSSR count). The third-order valence-corrected chi connectivity index (χ3v) is 6.13. The first-order chi connectivity index (χ1) is 11.4. The van der Waals surface area contributed by atoms with Crippen LogP contribution in [-0.4, -0.2) is 51.5 Å². The maximum atomic E-state index is 12.9. The van der Waals surface area contributed by atoms with Crippen LogP contribution < -0.4 is 5.32 Å². The number of nitrogens with zero attached hydrogens (tertiary/aromatic N) is 1. The molecule has 1 heterocycles. The minimum Gasteiger partial charge on any atom is -0.468 e. The van der Waals surface area contributed by atoms with Crippen LogP contribution in [0.1, 0.15) is 0 Å². The predicted molar refractivity (Wildman–Crippen MR) is 98.8 cm³/mol. The number of carbonyl (C=O) groups excluding carboxylic acids is 1. The lowest BCUT2D eigenvalue weighted by molar-refractivity contribution is -0.143. The van der Waals surface area contributed by atoms with E-state index in [9.17, 15) is 13.2 Å². The summed E-state index contributed by atoms with van der Waals surface area (Å²) < 4.78 is 31.7. The molecule has 0 aliphatic carbocycles. The molecule has 136 valence electrons. The van der Waals surface area contributed by atoms with Crippen LogP contribution in [-0.2, 0) is 19.6 Å². The third kappa shape index (κ3) is 4.07. The number of piperazine rings is 1. The number of carbonyl (C=O) groups is 1. The molecule has 0 saturated carbocycles. The lowest BCUT2D eigenvalue weighted by Crippen LogP contribution is -2.55. The van der Waals surface area contributed by atoms with E-state index < -0.39 is 22.0 Å². The summed E-state index contributed by atoms with van der Waals surface area (Å²) in [6, 6.07) is 9.54. The Morgan fingerprint density at radius 1 is 1.24 bits per heavy atom. The number of halogens is 2. The molecular formula is C16H18Cl2N2O4S. The molecule has 1 N–H and O–H groups in total. The smallest absolute Gasteiger partial charge is 0.324 e. The maximum Gasteiger partial charge on any atom is 0.324 e. The molecule has 1 atom stereocenters. The second-order valence-corrected chi connectivity index (χ2v) is 7.92. The summed E-state index contributed by atoms with van der Waals surface area (Å²) in [5, 5.41) is 5.22. The second kappa shape index (κ2) is 7.88. The Bertz CT molecular complexity index is 889. The van der Waals surface area contributed by atoms with Crippen molar-refractivity contribution in [3.63, 3.8) is 0 Å². The van der Waals surface area contributed by atoms with Crippen LogP contribution in [0.5, 0.6) is 0 Å². The fraction of sp³-hybridized carbons (Fsp3) is 0.312. The van der Waals surface area contributed by atoms with Crippen molar-refractivity contribution in [1.82, 2.24) is 9.62 Å². The van der Waals surface area contributed by atoms with E-state index in [2.05, 4.69) is 10.1 Å². The molecular weight excluding hydrogens is 387 g/mol. The zero-order valence-corrected chi connectivity index (χ0v) is 15.8. The van der Waals surface area contributed by atoms with Gasteiger partial charge in [-0.2, -0.15) is 4.31 Å². The van der Waals surface area contributed by atoms with E-state index in [0.29, 0.717) is 18.1 Å². The number of hydrogen-bond donors (Lipinski definition) is 1. The minimum absolute atomic E-state index is 0. The molecule has 2 aromatic carbocycles. The average Bonchev–Trinajstić information content (AvgIpc) is 2.60. The largest absolute Gasteiger partial charge is 0.468 e. The third-order valence-electron chi connectivity index (χ3n) is 4.04. The number of fused-ring (bicyclic) bond motifs is 1. The minimum atomic E-state index is -3.69. The van der Waals surface area contributed by atoms with Crippen molar-refractivity contribution in [1.29, 1.82) is 0 Å². The summed E-state index contributed by atoms with van der Waals surface area (Å²) >= 11 is 5.95. The fourth-order valence-electron chi connectivity index (χ4n) is 2.75. The van der Waals surface area contributed by atoms with Gasteiger partial charge < -0.3 is 10.1 Å². The quantitative estimate of drug-likeness (QED) is 0.792. The highest BCUT2D eigenvalue weighted by molar-refractivity contribution is 7.89. The molecule has 25 heavy (non-hydrogen) atoms. The lowest BCUT2D eigenvalue weighted by atomic mass is 10.1. The van der Waals surface area contributed by atoms with Crippen LogP contribution in [0.4, 0.5) is 0 Å². The van der Waals surface area contributed by atoms with E-state index >= 15 is 0 Å². The van der Waals surface area contributed by atoms with Gasteiger partial charge in [0.2, 0.25) is 10.0 Å². The molecule has 1 unspecified atom stereocenters. The Morgan fingerprint density at radius 2 is 1.92 bits per heavy atom. The molecule has 0 spiro atoms. The van der Waals surface area contributed by atoms with Crippen LogP contribution in [0.25, 0.3) is 10.8 Å². The van der Waals surface area contributed by atoms with Gasteiger partial charge >= 0.3 is 5.97 Å². The van der Waals surface area contributed by atoms with Gasteiger partial charge in [-0.15, -0.1) is 12.4 Å². The molecule has 0 amide bonds. The summed E-state index contributed by atoms with van der Waals surface area (Å²) in [5.41, 5.74) is 0. The summed E-state index contributed by atoms with van der Waals surface area (Å²) in [6.07, 6.45) is 0. The summed E-state index contributed by atoms with van der Waals surface area (Å²) in [4.78, 5) is 11.9. The number of sulfonamides is 1. The Hall–Kier alpha value is -1.38. The van der Waals surface area contributed by atoms with Crippen molar-refractivity contribution in [2.24, 2.45) is 0 Å². The predicted octanol–water partition coefficient (Wildman–Crippen LogP) is 2.05. The highest BCUT2D eigenvalue weighted by Crippen LogP contribution is 2.25. The fourth-order valence-corrected chi connectivity index (χ4v) is 4.42. The molecule has 1 fully saturated rings. The molecule has 1 aliphatic rings. The van der Waals surface area contributed by atoms with Crippen molar-refractivity contribution in [3.8, 4) is 0 Å². The first-order valence-electron chi connectivity index (χ1n) is 7.42. The first-order valence-corrected chi connectivity index (χ1v) is 9.24. The zero-order valence-electron chi connectivity index (χ0n) is 13.4. The second-order valence-electron chi connectivity index (χ2n) is 5.55. The molecule has 1 saturated heterocycles.